The predicted octanol–water partition coefficient (Wildman–Crippen LogP) is 3.59. The number of hydrogen-bond acceptors (Lipinski definition) is 3. The van der Waals surface area contributed by atoms with Gasteiger partial charge in [-0.2, -0.15) is 0 Å². The summed E-state index contributed by atoms with van der Waals surface area (Å²) in [5, 5.41) is 0.285. The molecular weight excluding hydrogens is 302 g/mol. The number of nitrogens with zero attached hydrogens (tertiary/aromatic N) is 3. The standard InChI is InChI=1S/C12H9BrClN3/c13-9-1-2-10-8(7-9)4-6-17(10)11-3-5-15-12(14)16-11/h1-3,5,7H,4,6H2. The van der Waals surface area contributed by atoms with E-state index in [0.29, 0.717) is 0 Å². The van der Waals surface area contributed by atoms with Crippen LogP contribution in [0, 0.1) is 0 Å². The molecular formula is C12H9BrClN3. The van der Waals surface area contributed by atoms with E-state index in [2.05, 4.69) is 42.9 Å². The topological polar surface area (TPSA) is 29.0 Å². The second-order valence-corrected chi connectivity index (χ2v) is 5.11. The number of benzene rings is 1. The Morgan fingerprint density at radius 1 is 1.29 bits per heavy atom. The fraction of sp³-hybridized carbons (Fsp3) is 0.167. The van der Waals surface area contributed by atoms with Gasteiger partial charge in [0.2, 0.25) is 5.28 Å². The molecule has 1 aliphatic rings. The van der Waals surface area contributed by atoms with Gasteiger partial charge in [-0.1, -0.05) is 15.9 Å². The number of fused-ring (bicyclic) bond motifs is 1. The minimum atomic E-state index is 0.285. The third kappa shape index (κ3) is 2.03. The summed E-state index contributed by atoms with van der Waals surface area (Å²) >= 11 is 9.31. The molecule has 17 heavy (non-hydrogen) atoms. The van der Waals surface area contributed by atoms with Crippen molar-refractivity contribution in [3.63, 3.8) is 0 Å². The van der Waals surface area contributed by atoms with Crippen LogP contribution in [0.3, 0.4) is 0 Å². The first-order valence-corrected chi connectivity index (χ1v) is 6.45. The highest BCUT2D eigenvalue weighted by atomic mass is 79.9. The molecule has 5 heteroatoms. The molecule has 0 amide bonds. The first kappa shape index (κ1) is 11.0. The second kappa shape index (κ2) is 4.27. The van der Waals surface area contributed by atoms with Crippen molar-refractivity contribution in [2.75, 3.05) is 11.4 Å². The van der Waals surface area contributed by atoms with Gasteiger partial charge in [0.05, 0.1) is 0 Å². The molecule has 2 heterocycles. The van der Waals surface area contributed by atoms with E-state index in [1.165, 1.54) is 11.3 Å². The van der Waals surface area contributed by atoms with Gasteiger partial charge in [-0.25, -0.2) is 9.97 Å². The molecule has 2 aromatic rings. The number of rotatable bonds is 1. The molecule has 3 nitrogen and oxygen atoms in total. The molecule has 0 N–H and O–H groups in total. The molecule has 0 unspecified atom stereocenters. The van der Waals surface area contributed by atoms with E-state index in [0.717, 1.165) is 23.3 Å². The molecule has 0 aliphatic carbocycles. The lowest BCUT2D eigenvalue weighted by Gasteiger charge is -2.18. The fourth-order valence-electron chi connectivity index (χ4n) is 2.08. The van der Waals surface area contributed by atoms with E-state index < -0.39 is 0 Å². The summed E-state index contributed by atoms with van der Waals surface area (Å²) in [4.78, 5) is 10.3. The van der Waals surface area contributed by atoms with E-state index in [4.69, 9.17) is 11.6 Å². The van der Waals surface area contributed by atoms with Crippen LogP contribution in [0.2, 0.25) is 5.28 Å². The SMILES string of the molecule is Clc1nccc(N2CCc3cc(Br)ccc32)n1. The molecule has 0 saturated carbocycles. The molecule has 1 aromatic carbocycles. The number of anilines is 2. The van der Waals surface area contributed by atoms with Crippen molar-refractivity contribution < 1.29 is 0 Å². The van der Waals surface area contributed by atoms with Crippen molar-refractivity contribution >= 4 is 39.0 Å². The van der Waals surface area contributed by atoms with Gasteiger partial charge in [-0.15, -0.1) is 0 Å². The molecule has 1 aromatic heterocycles. The van der Waals surface area contributed by atoms with E-state index in [1.807, 2.05) is 12.1 Å². The summed E-state index contributed by atoms with van der Waals surface area (Å²) in [6, 6.07) is 8.17. The summed E-state index contributed by atoms with van der Waals surface area (Å²) in [6.07, 6.45) is 2.71. The van der Waals surface area contributed by atoms with Gasteiger partial charge in [-0.3, -0.25) is 0 Å². The van der Waals surface area contributed by atoms with Gasteiger partial charge in [0, 0.05) is 22.9 Å². The van der Waals surface area contributed by atoms with Crippen molar-refractivity contribution in [3.8, 4) is 0 Å². The van der Waals surface area contributed by atoms with Crippen molar-refractivity contribution in [1.29, 1.82) is 0 Å². The second-order valence-electron chi connectivity index (χ2n) is 3.86. The van der Waals surface area contributed by atoms with E-state index in [-0.39, 0.29) is 5.28 Å². The third-order valence-electron chi connectivity index (χ3n) is 2.83. The van der Waals surface area contributed by atoms with Crippen LogP contribution in [0.15, 0.2) is 34.9 Å². The molecule has 0 radical (unpaired) electrons. The van der Waals surface area contributed by atoms with Crippen LogP contribution >= 0.6 is 27.5 Å². The third-order valence-corrected chi connectivity index (χ3v) is 3.50. The maximum Gasteiger partial charge on any atom is 0.224 e. The van der Waals surface area contributed by atoms with Crippen molar-refractivity contribution in [1.82, 2.24) is 9.97 Å². The molecule has 86 valence electrons. The van der Waals surface area contributed by atoms with E-state index in [1.54, 1.807) is 6.20 Å². The van der Waals surface area contributed by atoms with Crippen LogP contribution in [-0.2, 0) is 6.42 Å². The minimum Gasteiger partial charge on any atom is -0.326 e. The lowest BCUT2D eigenvalue weighted by Crippen LogP contribution is -2.14. The maximum atomic E-state index is 5.82. The van der Waals surface area contributed by atoms with Crippen molar-refractivity contribution in [2.45, 2.75) is 6.42 Å². The molecule has 0 bridgehead atoms. The van der Waals surface area contributed by atoms with Crippen LogP contribution < -0.4 is 4.90 Å². The number of aromatic nitrogens is 2. The van der Waals surface area contributed by atoms with Gasteiger partial charge < -0.3 is 4.90 Å². The predicted molar refractivity (Wildman–Crippen MR) is 71.9 cm³/mol. The zero-order valence-electron chi connectivity index (χ0n) is 8.90. The molecule has 3 rings (SSSR count). The summed E-state index contributed by atoms with van der Waals surface area (Å²) in [6.45, 7) is 0.930. The Morgan fingerprint density at radius 2 is 2.18 bits per heavy atom. The normalized spacial score (nSPS) is 13.9. The van der Waals surface area contributed by atoms with Crippen LogP contribution in [0.5, 0.6) is 0 Å². The van der Waals surface area contributed by atoms with Gasteiger partial charge in [0.25, 0.3) is 0 Å². The number of halogens is 2. The van der Waals surface area contributed by atoms with E-state index >= 15 is 0 Å². The Labute approximate surface area is 113 Å². The molecule has 0 spiro atoms. The largest absolute Gasteiger partial charge is 0.326 e. The van der Waals surface area contributed by atoms with E-state index in [9.17, 15) is 0 Å². The average Bonchev–Trinajstić information content (AvgIpc) is 2.71. The minimum absolute atomic E-state index is 0.285. The highest BCUT2D eigenvalue weighted by Crippen LogP contribution is 2.35. The Balaban J connectivity index is 2.04. The highest BCUT2D eigenvalue weighted by molar-refractivity contribution is 9.10. The van der Waals surface area contributed by atoms with Crippen LogP contribution in [-0.4, -0.2) is 16.5 Å². The van der Waals surface area contributed by atoms with Gasteiger partial charge in [-0.05, 0) is 47.9 Å². The zero-order valence-corrected chi connectivity index (χ0v) is 11.2. The van der Waals surface area contributed by atoms with Gasteiger partial charge in [0.15, 0.2) is 0 Å². The van der Waals surface area contributed by atoms with Gasteiger partial charge >= 0.3 is 0 Å². The van der Waals surface area contributed by atoms with Crippen LogP contribution in [0.25, 0.3) is 0 Å². The molecule has 0 atom stereocenters. The fourth-order valence-corrected chi connectivity index (χ4v) is 2.64. The Hall–Kier alpha value is -1.13. The summed E-state index contributed by atoms with van der Waals surface area (Å²) in [7, 11) is 0. The Bertz CT molecular complexity index is 573. The van der Waals surface area contributed by atoms with Crippen LogP contribution in [0.4, 0.5) is 11.5 Å². The Kier molecular flexibility index (Phi) is 2.76. The number of hydrogen-bond donors (Lipinski definition) is 0. The first-order chi connectivity index (χ1) is 8.24. The summed E-state index contributed by atoms with van der Waals surface area (Å²) in [5.74, 6) is 0.853. The highest BCUT2D eigenvalue weighted by Gasteiger charge is 2.21. The van der Waals surface area contributed by atoms with Crippen molar-refractivity contribution in [3.05, 3.63) is 45.8 Å². The quantitative estimate of drug-likeness (QED) is 0.754. The van der Waals surface area contributed by atoms with Gasteiger partial charge in [0.1, 0.15) is 5.82 Å². The average molecular weight is 311 g/mol. The summed E-state index contributed by atoms with van der Waals surface area (Å²) in [5.41, 5.74) is 2.53. The molecule has 0 fully saturated rings. The lowest BCUT2D eigenvalue weighted by atomic mass is 10.2. The lowest BCUT2D eigenvalue weighted by molar-refractivity contribution is 0.964. The Morgan fingerprint density at radius 3 is 3.00 bits per heavy atom. The smallest absolute Gasteiger partial charge is 0.224 e. The van der Waals surface area contributed by atoms with Crippen molar-refractivity contribution in [2.24, 2.45) is 0 Å². The van der Waals surface area contributed by atoms with Crippen LogP contribution in [0.1, 0.15) is 5.56 Å². The molecule has 1 aliphatic heterocycles. The first-order valence-electron chi connectivity index (χ1n) is 5.28. The zero-order chi connectivity index (χ0) is 11.8. The molecule has 0 saturated heterocycles. The monoisotopic (exact) mass is 309 g/mol. The maximum absolute atomic E-state index is 5.82. The summed E-state index contributed by atoms with van der Waals surface area (Å²) < 4.78 is 1.11.